The zero-order valence-electron chi connectivity index (χ0n) is 18.8. The number of amidine groups is 1. The Bertz CT molecular complexity index is 1280. The summed E-state index contributed by atoms with van der Waals surface area (Å²) in [6.07, 6.45) is -3.28. The minimum absolute atomic E-state index is 0.244. The first-order valence-electron chi connectivity index (χ1n) is 11.1. The molecule has 5 rings (SSSR count). The molecule has 1 N–H and O–H groups in total. The monoisotopic (exact) mass is 508 g/mol. The van der Waals surface area contributed by atoms with E-state index in [1.165, 1.54) is 6.08 Å². The summed E-state index contributed by atoms with van der Waals surface area (Å²) in [4.78, 5) is 10.6. The average molecular weight is 509 g/mol. The van der Waals surface area contributed by atoms with Crippen LogP contribution in [-0.4, -0.2) is 28.2 Å². The van der Waals surface area contributed by atoms with E-state index in [1.807, 2.05) is 0 Å². The van der Waals surface area contributed by atoms with E-state index in [-0.39, 0.29) is 29.1 Å². The van der Waals surface area contributed by atoms with E-state index in [0.717, 1.165) is 12.1 Å². The topological polar surface area (TPSA) is 40.5 Å². The Labute approximate surface area is 204 Å². The van der Waals surface area contributed by atoms with Crippen molar-refractivity contribution in [3.63, 3.8) is 0 Å². The van der Waals surface area contributed by atoms with Gasteiger partial charge in [0.1, 0.15) is 11.0 Å². The number of aromatic nitrogens is 1. The van der Waals surface area contributed by atoms with Crippen molar-refractivity contribution in [2.75, 3.05) is 11.9 Å². The number of anilines is 1. The van der Waals surface area contributed by atoms with Gasteiger partial charge in [-0.2, -0.15) is 13.2 Å². The molecule has 1 aliphatic carbocycles. The second kappa shape index (κ2) is 7.78. The van der Waals surface area contributed by atoms with Crippen molar-refractivity contribution in [2.24, 2.45) is 10.4 Å². The van der Waals surface area contributed by atoms with Gasteiger partial charge in [0.2, 0.25) is 5.92 Å². The third kappa shape index (κ3) is 3.90. The molecule has 2 fully saturated rings. The highest BCUT2D eigenvalue weighted by molar-refractivity contribution is 6.29. The van der Waals surface area contributed by atoms with Crippen molar-refractivity contribution in [3.8, 4) is 0 Å². The molecule has 1 aromatic carbocycles. The van der Waals surface area contributed by atoms with Gasteiger partial charge in [-0.3, -0.25) is 0 Å². The van der Waals surface area contributed by atoms with Crippen molar-refractivity contribution >= 4 is 40.6 Å². The summed E-state index contributed by atoms with van der Waals surface area (Å²) >= 11 is 5.95. The van der Waals surface area contributed by atoms with Crippen molar-refractivity contribution in [1.29, 1.82) is 0 Å². The van der Waals surface area contributed by atoms with Gasteiger partial charge in [-0.15, -0.1) is 0 Å². The fourth-order valence-electron chi connectivity index (χ4n) is 5.33. The van der Waals surface area contributed by atoms with E-state index < -0.39 is 29.1 Å². The zero-order chi connectivity index (χ0) is 25.3. The highest BCUT2D eigenvalue weighted by Gasteiger charge is 2.63. The highest BCUT2D eigenvalue weighted by atomic mass is 35.5. The number of aliphatic imine (C=N–C) groups is 1. The molecule has 1 aromatic heterocycles. The van der Waals surface area contributed by atoms with Gasteiger partial charge < -0.3 is 10.2 Å². The number of fused-ring (bicyclic) bond motifs is 3. The van der Waals surface area contributed by atoms with E-state index >= 15 is 0 Å². The van der Waals surface area contributed by atoms with Crippen LogP contribution in [0.1, 0.15) is 54.6 Å². The Hall–Kier alpha value is -2.94. The Morgan fingerprint density at radius 2 is 1.94 bits per heavy atom. The normalized spacial score (nSPS) is 20.6. The first-order valence-corrected chi connectivity index (χ1v) is 11.5. The van der Waals surface area contributed by atoms with Gasteiger partial charge in [0.15, 0.2) is 0 Å². The molecule has 2 aliphatic heterocycles. The van der Waals surface area contributed by atoms with Crippen LogP contribution >= 0.6 is 11.6 Å². The van der Waals surface area contributed by atoms with Crippen molar-refractivity contribution < 1.29 is 22.0 Å². The Kier molecular flexibility index (Phi) is 5.29. The number of halogens is 6. The smallest absolute Gasteiger partial charge is 0.377 e. The first-order chi connectivity index (χ1) is 16.3. The van der Waals surface area contributed by atoms with E-state index in [1.54, 1.807) is 24.0 Å². The number of benzene rings is 1. The third-order valence-corrected chi connectivity index (χ3v) is 7.19. The fourth-order valence-corrected chi connectivity index (χ4v) is 5.48. The second-order valence-electron chi connectivity index (χ2n) is 9.37. The third-order valence-electron chi connectivity index (χ3n) is 6.98. The number of nitrogens with one attached hydrogen (secondary N) is 1. The Morgan fingerprint density at radius 1 is 1.23 bits per heavy atom. The lowest BCUT2D eigenvalue weighted by Gasteiger charge is -2.46. The Balaban J connectivity index is 1.63. The average Bonchev–Trinajstić information content (AvgIpc) is 3.11. The molecule has 2 aromatic rings. The number of rotatable bonds is 4. The molecule has 1 atom stereocenters. The summed E-state index contributed by atoms with van der Waals surface area (Å²) in [5.74, 6) is -2.30. The van der Waals surface area contributed by atoms with Crippen LogP contribution in [-0.2, 0) is 6.18 Å². The molecular weight excluding hydrogens is 487 g/mol. The van der Waals surface area contributed by atoms with Crippen molar-refractivity contribution in [1.82, 2.24) is 9.88 Å². The molecule has 35 heavy (non-hydrogen) atoms. The van der Waals surface area contributed by atoms with Crippen LogP contribution in [0.15, 0.2) is 42.4 Å². The number of hydrogen-bond donors (Lipinski definition) is 1. The molecule has 1 saturated carbocycles. The van der Waals surface area contributed by atoms with E-state index in [9.17, 15) is 22.0 Å². The summed E-state index contributed by atoms with van der Waals surface area (Å²) in [6.45, 7) is 9.84. The van der Waals surface area contributed by atoms with Crippen LogP contribution in [0.25, 0.3) is 11.8 Å². The van der Waals surface area contributed by atoms with Crippen LogP contribution in [0, 0.1) is 5.41 Å². The lowest BCUT2D eigenvalue weighted by atomic mass is 9.64. The molecule has 3 heterocycles. The van der Waals surface area contributed by atoms with E-state index in [2.05, 4.69) is 23.5 Å². The predicted octanol–water partition coefficient (Wildman–Crippen LogP) is 7.71. The van der Waals surface area contributed by atoms with Crippen LogP contribution in [0.3, 0.4) is 0 Å². The number of pyridine rings is 1. The summed E-state index contributed by atoms with van der Waals surface area (Å²) < 4.78 is 69.2. The number of hydrogen-bond acceptors (Lipinski definition) is 4. The standard InChI is InChI=1S/C25H22ClF5N4/c1-4-18-19(5-6-20(26)33-18)32-13(2)16-9-15(25(29,30)31)10-17-14(3)35-8-7-23(11-24(27,28)12-23)22(35)34-21(16)17/h4-6,9-10,13,32H,1,3,7-8,11-12H2,2H3. The molecule has 1 spiro atoms. The maximum atomic E-state index is 13.9. The quantitative estimate of drug-likeness (QED) is 0.340. The zero-order valence-corrected chi connectivity index (χ0v) is 19.6. The summed E-state index contributed by atoms with van der Waals surface area (Å²) in [5, 5.41) is 3.43. The van der Waals surface area contributed by atoms with Crippen LogP contribution in [0.5, 0.6) is 0 Å². The van der Waals surface area contributed by atoms with Gasteiger partial charge in [0, 0.05) is 41.6 Å². The number of alkyl halides is 5. The fraction of sp³-hybridized carbons (Fsp3) is 0.360. The number of nitrogens with zero attached hydrogens (tertiary/aromatic N) is 3. The minimum atomic E-state index is -4.59. The molecule has 0 amide bonds. The summed E-state index contributed by atoms with van der Waals surface area (Å²) in [5.41, 5.74) is 0.541. The van der Waals surface area contributed by atoms with Crippen LogP contribution in [0.4, 0.5) is 33.3 Å². The molecule has 184 valence electrons. The maximum absolute atomic E-state index is 13.9. The molecule has 10 heteroatoms. The van der Waals surface area contributed by atoms with E-state index in [0.29, 0.717) is 41.6 Å². The van der Waals surface area contributed by atoms with E-state index in [4.69, 9.17) is 16.6 Å². The second-order valence-corrected chi connectivity index (χ2v) is 9.76. The molecular formula is C25H22ClF5N4. The molecule has 0 radical (unpaired) electrons. The highest BCUT2D eigenvalue weighted by Crippen LogP contribution is 2.60. The molecule has 1 unspecified atom stereocenters. The van der Waals surface area contributed by atoms with Crippen molar-refractivity contribution in [3.05, 3.63) is 65.0 Å². The summed E-state index contributed by atoms with van der Waals surface area (Å²) in [7, 11) is 0. The first kappa shape index (κ1) is 23.8. The van der Waals surface area contributed by atoms with Crippen LogP contribution in [0.2, 0.25) is 5.15 Å². The molecule has 3 aliphatic rings. The minimum Gasteiger partial charge on any atom is -0.377 e. The van der Waals surface area contributed by atoms with Gasteiger partial charge in [-0.25, -0.2) is 18.8 Å². The molecule has 1 saturated heterocycles. The molecule has 4 nitrogen and oxygen atoms in total. The molecule has 0 bridgehead atoms. The maximum Gasteiger partial charge on any atom is 0.416 e. The largest absolute Gasteiger partial charge is 0.416 e. The lowest BCUT2D eigenvalue weighted by Crippen LogP contribution is -2.51. The predicted molar refractivity (Wildman–Crippen MR) is 127 cm³/mol. The van der Waals surface area contributed by atoms with Crippen molar-refractivity contribution in [2.45, 2.75) is 44.3 Å². The van der Waals surface area contributed by atoms with Crippen LogP contribution < -0.4 is 5.32 Å². The van der Waals surface area contributed by atoms with Gasteiger partial charge >= 0.3 is 6.18 Å². The van der Waals surface area contributed by atoms with Gasteiger partial charge in [-0.05, 0) is 43.7 Å². The Morgan fingerprint density at radius 3 is 2.57 bits per heavy atom. The lowest BCUT2D eigenvalue weighted by molar-refractivity contribution is -0.137. The SMILES string of the molecule is C=Cc1nc(Cl)ccc1NC(C)c1cc(C(F)(F)F)cc2c1N=C1N(CCC13CC(F)(F)C3)C2=C. The summed E-state index contributed by atoms with van der Waals surface area (Å²) in [6, 6.07) is 4.67. The van der Waals surface area contributed by atoms with Gasteiger partial charge in [0.25, 0.3) is 0 Å². The van der Waals surface area contributed by atoms with Gasteiger partial charge in [-0.1, -0.05) is 24.8 Å². The van der Waals surface area contributed by atoms with Gasteiger partial charge in [0.05, 0.1) is 28.7 Å².